The normalized spacial score (nSPS) is 20.5. The standard InChI is InChI=1S/C18H26FN3O3S/c1-2-20-17(23)21-18(13-14-6-7-14)8-10-22(11-9-18)26(24,25)16-5-3-4-15(19)12-16/h3-5,12,14H,2,6-11,13H2,1H3,(H2,20,21,23). The van der Waals surface area contributed by atoms with Crippen molar-refractivity contribution in [2.75, 3.05) is 19.6 Å². The molecule has 1 aromatic carbocycles. The van der Waals surface area contributed by atoms with E-state index in [-0.39, 0.29) is 16.5 Å². The van der Waals surface area contributed by atoms with Crippen molar-refractivity contribution in [2.45, 2.75) is 49.5 Å². The van der Waals surface area contributed by atoms with Crippen molar-refractivity contribution < 1.29 is 17.6 Å². The molecule has 0 aromatic heterocycles. The highest BCUT2D eigenvalue weighted by Crippen LogP contribution is 2.41. The van der Waals surface area contributed by atoms with Crippen LogP contribution in [0, 0.1) is 11.7 Å². The minimum Gasteiger partial charge on any atom is -0.338 e. The molecule has 1 aliphatic heterocycles. The zero-order valence-corrected chi connectivity index (χ0v) is 15.8. The molecule has 0 radical (unpaired) electrons. The molecule has 1 saturated carbocycles. The summed E-state index contributed by atoms with van der Waals surface area (Å²) in [6.45, 7) is 3.04. The van der Waals surface area contributed by atoms with E-state index in [9.17, 15) is 17.6 Å². The van der Waals surface area contributed by atoms with Gasteiger partial charge < -0.3 is 10.6 Å². The second kappa shape index (κ2) is 7.52. The van der Waals surface area contributed by atoms with Gasteiger partial charge in [-0.3, -0.25) is 0 Å². The number of rotatable bonds is 6. The van der Waals surface area contributed by atoms with Crippen LogP contribution in [-0.4, -0.2) is 43.9 Å². The maximum Gasteiger partial charge on any atom is 0.315 e. The van der Waals surface area contributed by atoms with Crippen molar-refractivity contribution in [3.63, 3.8) is 0 Å². The van der Waals surface area contributed by atoms with E-state index in [4.69, 9.17) is 0 Å². The van der Waals surface area contributed by atoms with Gasteiger partial charge in [0.2, 0.25) is 10.0 Å². The first-order valence-corrected chi connectivity index (χ1v) is 10.6. The number of hydrogen-bond acceptors (Lipinski definition) is 3. The highest BCUT2D eigenvalue weighted by atomic mass is 32.2. The molecule has 1 aromatic rings. The van der Waals surface area contributed by atoms with Crippen molar-refractivity contribution in [1.82, 2.24) is 14.9 Å². The fourth-order valence-corrected chi connectivity index (χ4v) is 5.10. The molecule has 144 valence electrons. The molecule has 3 rings (SSSR count). The Morgan fingerprint density at radius 3 is 2.58 bits per heavy atom. The van der Waals surface area contributed by atoms with Gasteiger partial charge >= 0.3 is 6.03 Å². The number of carbonyl (C=O) groups is 1. The number of sulfonamides is 1. The van der Waals surface area contributed by atoms with E-state index in [1.807, 2.05) is 6.92 Å². The van der Waals surface area contributed by atoms with Gasteiger partial charge in [-0.2, -0.15) is 4.31 Å². The summed E-state index contributed by atoms with van der Waals surface area (Å²) >= 11 is 0. The summed E-state index contributed by atoms with van der Waals surface area (Å²) in [4.78, 5) is 12.0. The highest BCUT2D eigenvalue weighted by molar-refractivity contribution is 7.89. The van der Waals surface area contributed by atoms with E-state index in [1.165, 1.54) is 35.3 Å². The molecule has 1 saturated heterocycles. The Morgan fingerprint density at radius 1 is 1.31 bits per heavy atom. The Labute approximate surface area is 154 Å². The van der Waals surface area contributed by atoms with Crippen molar-refractivity contribution in [1.29, 1.82) is 0 Å². The third kappa shape index (κ3) is 4.35. The summed E-state index contributed by atoms with van der Waals surface area (Å²) in [7, 11) is -3.72. The lowest BCUT2D eigenvalue weighted by molar-refractivity contribution is 0.170. The Balaban J connectivity index is 1.71. The van der Waals surface area contributed by atoms with Crippen LogP contribution in [0.4, 0.5) is 9.18 Å². The number of halogens is 1. The number of piperidine rings is 1. The largest absolute Gasteiger partial charge is 0.338 e. The van der Waals surface area contributed by atoms with Gasteiger partial charge in [-0.15, -0.1) is 0 Å². The lowest BCUT2D eigenvalue weighted by atomic mass is 9.83. The van der Waals surface area contributed by atoms with E-state index in [0.29, 0.717) is 38.4 Å². The predicted molar refractivity (Wildman–Crippen MR) is 96.7 cm³/mol. The summed E-state index contributed by atoms with van der Waals surface area (Å²) in [6.07, 6.45) is 4.36. The second-order valence-corrected chi connectivity index (χ2v) is 9.21. The van der Waals surface area contributed by atoms with Gasteiger partial charge in [0.1, 0.15) is 5.82 Å². The van der Waals surface area contributed by atoms with E-state index >= 15 is 0 Å². The van der Waals surface area contributed by atoms with Crippen LogP contribution in [0.25, 0.3) is 0 Å². The van der Waals surface area contributed by atoms with E-state index in [2.05, 4.69) is 10.6 Å². The Morgan fingerprint density at radius 2 is 2.00 bits per heavy atom. The van der Waals surface area contributed by atoms with Gasteiger partial charge in [0.15, 0.2) is 0 Å². The maximum absolute atomic E-state index is 13.4. The molecular formula is C18H26FN3O3S. The van der Waals surface area contributed by atoms with Crippen molar-refractivity contribution in [2.24, 2.45) is 5.92 Å². The van der Waals surface area contributed by atoms with Crippen molar-refractivity contribution in [3.05, 3.63) is 30.1 Å². The first-order chi connectivity index (χ1) is 12.3. The van der Waals surface area contributed by atoms with E-state index < -0.39 is 15.8 Å². The van der Waals surface area contributed by atoms with Gasteiger partial charge in [-0.1, -0.05) is 18.9 Å². The monoisotopic (exact) mass is 383 g/mol. The fourth-order valence-electron chi connectivity index (χ4n) is 3.63. The number of benzene rings is 1. The van der Waals surface area contributed by atoms with Gasteiger partial charge in [-0.05, 0) is 50.3 Å². The fraction of sp³-hybridized carbons (Fsp3) is 0.611. The van der Waals surface area contributed by atoms with Crippen LogP contribution >= 0.6 is 0 Å². The average Bonchev–Trinajstić information content (AvgIpc) is 3.39. The zero-order chi connectivity index (χ0) is 18.8. The van der Waals surface area contributed by atoms with Crippen LogP contribution in [0.3, 0.4) is 0 Å². The third-order valence-electron chi connectivity index (χ3n) is 5.21. The van der Waals surface area contributed by atoms with Crippen LogP contribution < -0.4 is 10.6 Å². The zero-order valence-electron chi connectivity index (χ0n) is 15.0. The summed E-state index contributed by atoms with van der Waals surface area (Å²) in [6, 6.07) is 4.90. The second-order valence-electron chi connectivity index (χ2n) is 7.27. The van der Waals surface area contributed by atoms with Gasteiger partial charge in [0, 0.05) is 25.2 Å². The molecule has 8 heteroatoms. The molecule has 6 nitrogen and oxygen atoms in total. The number of nitrogens with zero attached hydrogens (tertiary/aromatic N) is 1. The molecule has 0 atom stereocenters. The van der Waals surface area contributed by atoms with Crippen LogP contribution in [-0.2, 0) is 10.0 Å². The van der Waals surface area contributed by atoms with Crippen LogP contribution in [0.15, 0.2) is 29.2 Å². The van der Waals surface area contributed by atoms with Gasteiger partial charge in [0.25, 0.3) is 0 Å². The van der Waals surface area contributed by atoms with Crippen LogP contribution in [0.1, 0.15) is 39.0 Å². The van der Waals surface area contributed by atoms with E-state index in [0.717, 1.165) is 12.5 Å². The quantitative estimate of drug-likeness (QED) is 0.792. The van der Waals surface area contributed by atoms with Crippen molar-refractivity contribution >= 4 is 16.1 Å². The lowest BCUT2D eigenvalue weighted by Crippen LogP contribution is -2.58. The average molecular weight is 383 g/mol. The van der Waals surface area contributed by atoms with Gasteiger partial charge in [-0.25, -0.2) is 17.6 Å². The van der Waals surface area contributed by atoms with Crippen molar-refractivity contribution in [3.8, 4) is 0 Å². The molecule has 1 aliphatic carbocycles. The first kappa shape index (κ1) is 19.1. The Kier molecular flexibility index (Phi) is 5.53. The molecule has 0 spiro atoms. The summed E-state index contributed by atoms with van der Waals surface area (Å²) in [5.74, 6) is 0.0485. The minimum atomic E-state index is -3.72. The highest BCUT2D eigenvalue weighted by Gasteiger charge is 2.42. The molecule has 2 amide bonds. The maximum atomic E-state index is 13.4. The predicted octanol–water partition coefficient (Wildman–Crippen LogP) is 2.47. The summed E-state index contributed by atoms with van der Waals surface area (Å²) < 4.78 is 40.4. The first-order valence-electron chi connectivity index (χ1n) is 9.16. The summed E-state index contributed by atoms with van der Waals surface area (Å²) in [5.41, 5.74) is -0.367. The van der Waals surface area contributed by atoms with Gasteiger partial charge in [0.05, 0.1) is 4.90 Å². The SMILES string of the molecule is CCNC(=O)NC1(CC2CC2)CCN(S(=O)(=O)c2cccc(F)c2)CC1. The number of amides is 2. The third-order valence-corrected chi connectivity index (χ3v) is 7.10. The molecule has 26 heavy (non-hydrogen) atoms. The number of carbonyl (C=O) groups excluding carboxylic acids is 1. The minimum absolute atomic E-state index is 0.0242. The lowest BCUT2D eigenvalue weighted by Gasteiger charge is -2.42. The molecule has 1 heterocycles. The number of hydrogen-bond donors (Lipinski definition) is 2. The molecular weight excluding hydrogens is 357 g/mol. The smallest absolute Gasteiger partial charge is 0.315 e. The summed E-state index contributed by atoms with van der Waals surface area (Å²) in [5, 5.41) is 5.86. The number of nitrogens with one attached hydrogen (secondary N) is 2. The molecule has 0 bridgehead atoms. The molecule has 2 fully saturated rings. The molecule has 2 aliphatic rings. The molecule has 2 N–H and O–H groups in total. The molecule has 0 unspecified atom stereocenters. The van der Waals surface area contributed by atoms with Crippen LogP contribution in [0.2, 0.25) is 0 Å². The number of urea groups is 1. The Hall–Kier alpha value is -1.67. The van der Waals surface area contributed by atoms with E-state index in [1.54, 1.807) is 0 Å². The topological polar surface area (TPSA) is 78.5 Å². The Bertz CT molecular complexity index is 757. The van der Waals surface area contributed by atoms with Crippen LogP contribution in [0.5, 0.6) is 0 Å².